The summed E-state index contributed by atoms with van der Waals surface area (Å²) >= 11 is 0. The number of hydrogen-bond donors (Lipinski definition) is 1. The lowest BCUT2D eigenvalue weighted by atomic mass is 9.98. The van der Waals surface area contributed by atoms with Gasteiger partial charge in [0, 0.05) is 5.69 Å². The molecular weight excluding hydrogens is 254 g/mol. The molecule has 0 bridgehead atoms. The Kier molecular flexibility index (Phi) is 4.02. The van der Waals surface area contributed by atoms with Gasteiger partial charge in [0.05, 0.1) is 6.04 Å². The van der Waals surface area contributed by atoms with Crippen molar-refractivity contribution in [3.63, 3.8) is 0 Å². The second-order valence-electron chi connectivity index (χ2n) is 5.26. The van der Waals surface area contributed by atoms with E-state index in [-0.39, 0.29) is 6.04 Å². The van der Waals surface area contributed by atoms with E-state index < -0.39 is 0 Å². The summed E-state index contributed by atoms with van der Waals surface area (Å²) in [7, 11) is 0. The lowest BCUT2D eigenvalue weighted by Crippen LogP contribution is -2.12. The standard InChI is InChI=1S/C20H19N/c1-16-12-14-19(15-13-16)21-20(17-8-4-2-5-9-17)18-10-6-3-7-11-18/h2-15,20-21H,1H3. The summed E-state index contributed by atoms with van der Waals surface area (Å²) < 4.78 is 0. The topological polar surface area (TPSA) is 12.0 Å². The number of benzene rings is 3. The zero-order valence-electron chi connectivity index (χ0n) is 12.2. The highest BCUT2D eigenvalue weighted by atomic mass is 14.9. The Morgan fingerprint density at radius 3 is 1.57 bits per heavy atom. The first-order valence-corrected chi connectivity index (χ1v) is 7.26. The molecule has 0 fully saturated rings. The molecule has 0 heterocycles. The monoisotopic (exact) mass is 273 g/mol. The smallest absolute Gasteiger partial charge is 0.0767 e. The molecule has 0 aromatic heterocycles. The Bertz CT molecular complexity index is 633. The third-order valence-electron chi connectivity index (χ3n) is 3.63. The normalized spacial score (nSPS) is 10.6. The van der Waals surface area contributed by atoms with Gasteiger partial charge >= 0.3 is 0 Å². The van der Waals surface area contributed by atoms with Crippen molar-refractivity contribution in [3.05, 3.63) is 102 Å². The van der Waals surface area contributed by atoms with Gasteiger partial charge in [-0.1, -0.05) is 78.4 Å². The lowest BCUT2D eigenvalue weighted by Gasteiger charge is -2.21. The first-order chi connectivity index (χ1) is 10.3. The van der Waals surface area contributed by atoms with Gasteiger partial charge in [-0.05, 0) is 30.2 Å². The molecule has 0 aliphatic rings. The predicted molar refractivity (Wildman–Crippen MR) is 89.5 cm³/mol. The zero-order valence-corrected chi connectivity index (χ0v) is 12.2. The van der Waals surface area contributed by atoms with Gasteiger partial charge in [-0.15, -0.1) is 0 Å². The Morgan fingerprint density at radius 1 is 0.619 bits per heavy atom. The van der Waals surface area contributed by atoms with E-state index in [4.69, 9.17) is 0 Å². The molecule has 21 heavy (non-hydrogen) atoms. The summed E-state index contributed by atoms with van der Waals surface area (Å²) in [5, 5.41) is 3.64. The highest BCUT2D eigenvalue weighted by Crippen LogP contribution is 2.26. The van der Waals surface area contributed by atoms with Crippen LogP contribution in [0.5, 0.6) is 0 Å². The lowest BCUT2D eigenvalue weighted by molar-refractivity contribution is 0.939. The summed E-state index contributed by atoms with van der Waals surface area (Å²) in [4.78, 5) is 0. The minimum Gasteiger partial charge on any atom is -0.374 e. The number of nitrogens with one attached hydrogen (secondary N) is 1. The van der Waals surface area contributed by atoms with Crippen molar-refractivity contribution in [2.75, 3.05) is 5.32 Å². The van der Waals surface area contributed by atoms with Crippen molar-refractivity contribution in [1.82, 2.24) is 0 Å². The number of rotatable bonds is 4. The SMILES string of the molecule is Cc1ccc(NC(c2ccccc2)c2ccccc2)cc1. The summed E-state index contributed by atoms with van der Waals surface area (Å²) in [5.74, 6) is 0. The van der Waals surface area contributed by atoms with Crippen molar-refractivity contribution >= 4 is 5.69 Å². The highest BCUT2D eigenvalue weighted by molar-refractivity contribution is 5.50. The Morgan fingerprint density at radius 2 is 1.10 bits per heavy atom. The fraction of sp³-hybridized carbons (Fsp3) is 0.100. The van der Waals surface area contributed by atoms with Gasteiger partial charge in [-0.3, -0.25) is 0 Å². The van der Waals surface area contributed by atoms with E-state index in [1.54, 1.807) is 0 Å². The molecule has 0 spiro atoms. The molecule has 3 aromatic carbocycles. The fourth-order valence-electron chi connectivity index (χ4n) is 2.47. The second kappa shape index (κ2) is 6.27. The first-order valence-electron chi connectivity index (χ1n) is 7.26. The van der Waals surface area contributed by atoms with Gasteiger partial charge in [0.25, 0.3) is 0 Å². The van der Waals surface area contributed by atoms with Gasteiger partial charge in [0.1, 0.15) is 0 Å². The number of hydrogen-bond acceptors (Lipinski definition) is 1. The van der Waals surface area contributed by atoms with Gasteiger partial charge < -0.3 is 5.32 Å². The van der Waals surface area contributed by atoms with Gasteiger partial charge in [0.15, 0.2) is 0 Å². The molecule has 3 aromatic rings. The predicted octanol–water partition coefficient (Wildman–Crippen LogP) is 5.20. The van der Waals surface area contributed by atoms with Crippen molar-refractivity contribution in [3.8, 4) is 0 Å². The molecule has 0 aliphatic carbocycles. The quantitative estimate of drug-likeness (QED) is 0.689. The van der Waals surface area contributed by atoms with E-state index in [2.05, 4.69) is 97.2 Å². The van der Waals surface area contributed by atoms with E-state index in [0.717, 1.165) is 5.69 Å². The minimum atomic E-state index is 0.162. The van der Waals surface area contributed by atoms with Crippen LogP contribution in [-0.2, 0) is 0 Å². The third kappa shape index (κ3) is 3.32. The first kappa shape index (κ1) is 13.4. The van der Waals surface area contributed by atoms with Crippen LogP contribution >= 0.6 is 0 Å². The average molecular weight is 273 g/mol. The maximum absolute atomic E-state index is 3.64. The molecule has 0 saturated carbocycles. The molecule has 0 atom stereocenters. The van der Waals surface area contributed by atoms with Crippen LogP contribution in [0.3, 0.4) is 0 Å². The average Bonchev–Trinajstić information content (AvgIpc) is 2.56. The second-order valence-corrected chi connectivity index (χ2v) is 5.26. The van der Waals surface area contributed by atoms with E-state index in [0.29, 0.717) is 0 Å². The van der Waals surface area contributed by atoms with E-state index >= 15 is 0 Å². The van der Waals surface area contributed by atoms with E-state index in [1.165, 1.54) is 16.7 Å². The van der Waals surface area contributed by atoms with Crippen LogP contribution in [0, 0.1) is 6.92 Å². The van der Waals surface area contributed by atoms with Crippen LogP contribution < -0.4 is 5.32 Å². The van der Waals surface area contributed by atoms with Crippen LogP contribution in [0.25, 0.3) is 0 Å². The van der Waals surface area contributed by atoms with E-state index in [1.807, 2.05) is 0 Å². The van der Waals surface area contributed by atoms with Gasteiger partial charge in [-0.25, -0.2) is 0 Å². The van der Waals surface area contributed by atoms with Crippen molar-refractivity contribution in [2.24, 2.45) is 0 Å². The molecule has 0 amide bonds. The molecule has 0 aliphatic heterocycles. The number of anilines is 1. The molecule has 1 nitrogen and oxygen atoms in total. The van der Waals surface area contributed by atoms with Crippen LogP contribution in [-0.4, -0.2) is 0 Å². The van der Waals surface area contributed by atoms with Gasteiger partial charge in [-0.2, -0.15) is 0 Å². The molecule has 1 N–H and O–H groups in total. The largest absolute Gasteiger partial charge is 0.374 e. The highest BCUT2D eigenvalue weighted by Gasteiger charge is 2.13. The third-order valence-corrected chi connectivity index (χ3v) is 3.63. The molecular formula is C20H19N. The van der Waals surface area contributed by atoms with Crippen molar-refractivity contribution in [1.29, 1.82) is 0 Å². The number of aryl methyl sites for hydroxylation is 1. The Balaban J connectivity index is 1.95. The van der Waals surface area contributed by atoms with Crippen LogP contribution in [0.4, 0.5) is 5.69 Å². The zero-order chi connectivity index (χ0) is 14.5. The maximum Gasteiger partial charge on any atom is 0.0767 e. The molecule has 104 valence electrons. The Hall–Kier alpha value is -2.54. The minimum absolute atomic E-state index is 0.162. The molecule has 0 radical (unpaired) electrons. The summed E-state index contributed by atoms with van der Waals surface area (Å²) in [6.45, 7) is 2.11. The van der Waals surface area contributed by atoms with Gasteiger partial charge in [0.2, 0.25) is 0 Å². The summed E-state index contributed by atoms with van der Waals surface area (Å²) in [5.41, 5.74) is 4.95. The maximum atomic E-state index is 3.64. The summed E-state index contributed by atoms with van der Waals surface area (Å²) in [6.07, 6.45) is 0. The molecule has 1 heteroatoms. The van der Waals surface area contributed by atoms with Crippen molar-refractivity contribution < 1.29 is 0 Å². The van der Waals surface area contributed by atoms with Crippen LogP contribution in [0.2, 0.25) is 0 Å². The summed E-state index contributed by atoms with van der Waals surface area (Å²) in [6, 6.07) is 29.8. The van der Waals surface area contributed by atoms with Crippen molar-refractivity contribution in [2.45, 2.75) is 13.0 Å². The molecule has 0 saturated heterocycles. The van der Waals surface area contributed by atoms with Crippen LogP contribution in [0.15, 0.2) is 84.9 Å². The van der Waals surface area contributed by atoms with Crippen LogP contribution in [0.1, 0.15) is 22.7 Å². The Labute approximate surface area is 126 Å². The van der Waals surface area contributed by atoms with E-state index in [9.17, 15) is 0 Å². The molecule has 0 unspecified atom stereocenters. The fourth-order valence-corrected chi connectivity index (χ4v) is 2.47. The molecule has 3 rings (SSSR count).